The number of carbonyl (C=O) groups is 1. The summed E-state index contributed by atoms with van der Waals surface area (Å²) in [6.45, 7) is 8.05. The lowest BCUT2D eigenvalue weighted by atomic mass is 10.0. The lowest BCUT2D eigenvalue weighted by Crippen LogP contribution is -2.14. The van der Waals surface area contributed by atoms with Crippen molar-refractivity contribution in [1.29, 1.82) is 0 Å². The van der Waals surface area contributed by atoms with Gasteiger partial charge in [-0.05, 0) is 33.3 Å². The molecule has 1 aromatic carbocycles. The molecule has 0 saturated carbocycles. The van der Waals surface area contributed by atoms with E-state index in [0.717, 1.165) is 17.0 Å². The molecule has 0 aliphatic heterocycles. The summed E-state index contributed by atoms with van der Waals surface area (Å²) in [5, 5.41) is 4.15. The lowest BCUT2D eigenvalue weighted by molar-refractivity contribution is 0.0988. The first kappa shape index (κ1) is 13.5. The van der Waals surface area contributed by atoms with Crippen LogP contribution in [0.4, 0.5) is 0 Å². The third-order valence-electron chi connectivity index (χ3n) is 3.14. The van der Waals surface area contributed by atoms with E-state index in [1.807, 2.05) is 45.9 Å². The summed E-state index contributed by atoms with van der Waals surface area (Å²) in [6.07, 6.45) is 1.80. The van der Waals surface area contributed by atoms with Crippen LogP contribution in [0.15, 0.2) is 24.5 Å². The van der Waals surface area contributed by atoms with Crippen molar-refractivity contribution in [2.75, 3.05) is 0 Å². The minimum atomic E-state index is 0.0902. The Morgan fingerprint density at radius 2 is 2.05 bits per heavy atom. The van der Waals surface area contributed by atoms with Gasteiger partial charge >= 0.3 is 0 Å². The molecule has 0 spiro atoms. The summed E-state index contributed by atoms with van der Waals surface area (Å²) < 4.78 is 1.79. The van der Waals surface area contributed by atoms with Crippen molar-refractivity contribution in [3.05, 3.63) is 47.0 Å². The number of hydrogen-bond acceptors (Lipinski definition) is 3. The van der Waals surface area contributed by atoms with Crippen LogP contribution >= 0.6 is 0 Å². The minimum absolute atomic E-state index is 0.0902. The molecule has 0 aliphatic rings. The normalized spacial score (nSPS) is 11.0. The maximum Gasteiger partial charge on any atom is 0.170 e. The van der Waals surface area contributed by atoms with Crippen molar-refractivity contribution in [3.8, 4) is 0 Å². The van der Waals surface area contributed by atoms with E-state index in [4.69, 9.17) is 0 Å². The molecule has 1 heterocycles. The Hall–Kier alpha value is -1.97. The number of aromatic nitrogens is 3. The first-order valence-electron chi connectivity index (χ1n) is 6.48. The van der Waals surface area contributed by atoms with Crippen LogP contribution < -0.4 is 0 Å². The number of aryl methyl sites for hydroxylation is 2. The van der Waals surface area contributed by atoms with Crippen molar-refractivity contribution >= 4 is 5.78 Å². The Balaban J connectivity index is 2.23. The molecule has 0 radical (unpaired) electrons. The summed E-state index contributed by atoms with van der Waals surface area (Å²) in [7, 11) is 0. The molecule has 0 fully saturated rings. The number of benzene rings is 1. The van der Waals surface area contributed by atoms with Crippen LogP contribution in [0.25, 0.3) is 0 Å². The molecule has 0 atom stereocenters. The number of hydrogen-bond donors (Lipinski definition) is 0. The summed E-state index contributed by atoms with van der Waals surface area (Å²) in [4.78, 5) is 16.5. The number of ketones is 1. The predicted molar refractivity (Wildman–Crippen MR) is 74.4 cm³/mol. The zero-order valence-corrected chi connectivity index (χ0v) is 11.8. The lowest BCUT2D eigenvalue weighted by Gasteiger charge is -2.10. The van der Waals surface area contributed by atoms with Crippen LogP contribution in [0.3, 0.4) is 0 Å². The molecular weight excluding hydrogens is 238 g/mol. The van der Waals surface area contributed by atoms with E-state index >= 15 is 0 Å². The monoisotopic (exact) mass is 257 g/mol. The van der Waals surface area contributed by atoms with Gasteiger partial charge in [0.2, 0.25) is 0 Å². The minimum Gasteiger partial charge on any atom is -0.294 e. The first-order chi connectivity index (χ1) is 8.99. The fraction of sp³-hybridized carbons (Fsp3) is 0.400. The molecule has 0 aliphatic carbocycles. The van der Waals surface area contributed by atoms with Crippen molar-refractivity contribution in [3.63, 3.8) is 0 Å². The molecule has 1 aromatic heterocycles. The van der Waals surface area contributed by atoms with E-state index in [1.165, 1.54) is 11.9 Å². The van der Waals surface area contributed by atoms with Gasteiger partial charge in [0.1, 0.15) is 12.2 Å². The second-order valence-electron chi connectivity index (χ2n) is 5.13. The van der Waals surface area contributed by atoms with Gasteiger partial charge in [-0.2, -0.15) is 5.10 Å². The van der Waals surface area contributed by atoms with Crippen LogP contribution in [0.2, 0.25) is 0 Å². The Morgan fingerprint density at radius 1 is 1.32 bits per heavy atom. The van der Waals surface area contributed by atoms with E-state index < -0.39 is 0 Å². The van der Waals surface area contributed by atoms with Crippen LogP contribution in [-0.2, 0) is 6.42 Å². The van der Waals surface area contributed by atoms with Crippen LogP contribution in [0.1, 0.15) is 47.2 Å². The fourth-order valence-corrected chi connectivity index (χ4v) is 2.20. The van der Waals surface area contributed by atoms with Gasteiger partial charge in [-0.3, -0.25) is 4.79 Å². The highest BCUT2D eigenvalue weighted by Crippen LogP contribution is 2.14. The van der Waals surface area contributed by atoms with E-state index in [2.05, 4.69) is 10.1 Å². The quantitative estimate of drug-likeness (QED) is 0.791. The Labute approximate surface area is 113 Å². The molecule has 0 saturated heterocycles. The third kappa shape index (κ3) is 2.89. The van der Waals surface area contributed by atoms with Gasteiger partial charge in [-0.1, -0.05) is 23.8 Å². The smallest absolute Gasteiger partial charge is 0.170 e. The van der Waals surface area contributed by atoms with Gasteiger partial charge in [0.15, 0.2) is 5.78 Å². The Morgan fingerprint density at radius 3 is 2.68 bits per heavy atom. The zero-order valence-electron chi connectivity index (χ0n) is 11.8. The van der Waals surface area contributed by atoms with Gasteiger partial charge in [0.05, 0.1) is 6.42 Å². The largest absolute Gasteiger partial charge is 0.294 e. The summed E-state index contributed by atoms with van der Waals surface area (Å²) in [5.41, 5.74) is 2.95. The molecule has 4 nitrogen and oxygen atoms in total. The molecule has 2 aromatic rings. The van der Waals surface area contributed by atoms with Crippen LogP contribution in [0.5, 0.6) is 0 Å². The SMILES string of the molecule is Cc1ccc(C(=O)Cc2ncnn2C(C)C)c(C)c1. The molecule has 4 heteroatoms. The highest BCUT2D eigenvalue weighted by Gasteiger charge is 2.15. The maximum atomic E-state index is 12.3. The van der Waals surface area contributed by atoms with Gasteiger partial charge in [0.25, 0.3) is 0 Å². The molecule has 0 N–H and O–H groups in total. The topological polar surface area (TPSA) is 47.8 Å². The highest BCUT2D eigenvalue weighted by atomic mass is 16.1. The number of Topliss-reactive ketones (excluding diaryl/α,β-unsaturated/α-hetero) is 1. The van der Waals surface area contributed by atoms with E-state index in [0.29, 0.717) is 6.42 Å². The van der Waals surface area contributed by atoms with E-state index in [-0.39, 0.29) is 11.8 Å². The average Bonchev–Trinajstić information content (AvgIpc) is 2.76. The fourth-order valence-electron chi connectivity index (χ4n) is 2.20. The number of nitrogens with zero attached hydrogens (tertiary/aromatic N) is 3. The van der Waals surface area contributed by atoms with E-state index in [1.54, 1.807) is 4.68 Å². The zero-order chi connectivity index (χ0) is 14.0. The highest BCUT2D eigenvalue weighted by molar-refractivity contribution is 5.98. The summed E-state index contributed by atoms with van der Waals surface area (Å²) in [5.74, 6) is 0.812. The third-order valence-corrected chi connectivity index (χ3v) is 3.14. The van der Waals surface area contributed by atoms with Crippen molar-refractivity contribution in [2.45, 2.75) is 40.2 Å². The van der Waals surface area contributed by atoms with Crippen molar-refractivity contribution in [2.24, 2.45) is 0 Å². The van der Waals surface area contributed by atoms with Crippen molar-refractivity contribution in [1.82, 2.24) is 14.8 Å². The van der Waals surface area contributed by atoms with Gasteiger partial charge in [-0.15, -0.1) is 0 Å². The molecule has 19 heavy (non-hydrogen) atoms. The molecule has 0 bridgehead atoms. The molecule has 100 valence electrons. The maximum absolute atomic E-state index is 12.3. The summed E-state index contributed by atoms with van der Waals surface area (Å²) >= 11 is 0. The van der Waals surface area contributed by atoms with Crippen LogP contribution in [0, 0.1) is 13.8 Å². The Bertz CT molecular complexity index is 599. The number of rotatable bonds is 4. The standard InChI is InChI=1S/C15H19N3O/c1-10(2)18-15(16-9-17-18)8-14(19)13-6-5-11(3)7-12(13)4/h5-7,9-10H,8H2,1-4H3. The van der Waals surface area contributed by atoms with Gasteiger partial charge in [-0.25, -0.2) is 9.67 Å². The van der Waals surface area contributed by atoms with E-state index in [9.17, 15) is 4.79 Å². The second kappa shape index (κ2) is 5.34. The van der Waals surface area contributed by atoms with Gasteiger partial charge < -0.3 is 0 Å². The predicted octanol–water partition coefficient (Wildman–Crippen LogP) is 2.90. The number of carbonyl (C=O) groups excluding carboxylic acids is 1. The molecule has 2 rings (SSSR count). The van der Waals surface area contributed by atoms with Crippen molar-refractivity contribution < 1.29 is 4.79 Å². The molecular formula is C15H19N3O. The molecule has 0 amide bonds. The molecule has 0 unspecified atom stereocenters. The summed E-state index contributed by atoms with van der Waals surface area (Å²) in [6, 6.07) is 6.10. The average molecular weight is 257 g/mol. The second-order valence-corrected chi connectivity index (χ2v) is 5.13. The van der Waals surface area contributed by atoms with Gasteiger partial charge in [0, 0.05) is 11.6 Å². The Kier molecular flexibility index (Phi) is 3.79. The van der Waals surface area contributed by atoms with Crippen LogP contribution in [-0.4, -0.2) is 20.5 Å². The first-order valence-corrected chi connectivity index (χ1v) is 6.48.